The molecule has 0 aliphatic carbocycles. The molecule has 1 amide bonds. The van der Waals surface area contributed by atoms with Crippen LogP contribution in [0.2, 0.25) is 0 Å². The molecule has 0 atom stereocenters. The molecule has 0 unspecified atom stereocenters. The Hall–Kier alpha value is -1.88. The van der Waals surface area contributed by atoms with Gasteiger partial charge in [-0.3, -0.25) is 4.79 Å². The highest BCUT2D eigenvalue weighted by molar-refractivity contribution is 9.10. The molecule has 0 spiro atoms. The number of benzene rings is 2. The predicted octanol–water partition coefficient (Wildman–Crippen LogP) is 4.50. The fourth-order valence-corrected chi connectivity index (χ4v) is 3.39. The summed E-state index contributed by atoms with van der Waals surface area (Å²) >= 11 is 3.30. The summed E-state index contributed by atoms with van der Waals surface area (Å²) in [6.45, 7) is 2.57. The van der Waals surface area contributed by atoms with Crippen molar-refractivity contribution in [1.82, 2.24) is 0 Å². The molecule has 0 fully saturated rings. The van der Waals surface area contributed by atoms with Crippen LogP contribution in [-0.2, 0) is 6.42 Å². The molecular formula is C18H17BrFNO2. The van der Waals surface area contributed by atoms with E-state index in [4.69, 9.17) is 4.74 Å². The van der Waals surface area contributed by atoms with Crippen molar-refractivity contribution < 1.29 is 13.9 Å². The lowest BCUT2D eigenvalue weighted by molar-refractivity contribution is 0.0980. The summed E-state index contributed by atoms with van der Waals surface area (Å²) in [5.41, 5.74) is 3.05. The molecule has 3 nitrogen and oxygen atoms in total. The second-order valence-electron chi connectivity index (χ2n) is 5.60. The van der Waals surface area contributed by atoms with Gasteiger partial charge in [0.05, 0.1) is 18.4 Å². The van der Waals surface area contributed by atoms with E-state index in [1.54, 1.807) is 18.1 Å². The zero-order valence-electron chi connectivity index (χ0n) is 13.0. The number of amides is 1. The van der Waals surface area contributed by atoms with Crippen LogP contribution in [0.3, 0.4) is 0 Å². The largest absolute Gasteiger partial charge is 0.495 e. The summed E-state index contributed by atoms with van der Waals surface area (Å²) in [7, 11) is 1.59. The molecule has 0 N–H and O–H groups in total. The number of aryl methyl sites for hydroxylation is 1. The van der Waals surface area contributed by atoms with Crippen molar-refractivity contribution in [2.75, 3.05) is 18.6 Å². The van der Waals surface area contributed by atoms with Crippen LogP contribution in [0.5, 0.6) is 5.75 Å². The molecule has 3 rings (SSSR count). The number of hydrogen-bond donors (Lipinski definition) is 0. The van der Waals surface area contributed by atoms with Gasteiger partial charge >= 0.3 is 0 Å². The fraction of sp³-hybridized carbons (Fsp3) is 0.278. The van der Waals surface area contributed by atoms with Gasteiger partial charge in [-0.05, 0) is 55.2 Å². The number of hydrogen-bond acceptors (Lipinski definition) is 2. The number of rotatable bonds is 2. The van der Waals surface area contributed by atoms with Gasteiger partial charge in [0.1, 0.15) is 11.6 Å². The van der Waals surface area contributed by atoms with E-state index in [0.717, 1.165) is 29.7 Å². The van der Waals surface area contributed by atoms with Gasteiger partial charge in [-0.25, -0.2) is 4.39 Å². The first-order valence-electron chi connectivity index (χ1n) is 7.46. The lowest BCUT2D eigenvalue weighted by atomic mass is 9.95. The van der Waals surface area contributed by atoms with Crippen molar-refractivity contribution >= 4 is 27.5 Å². The van der Waals surface area contributed by atoms with E-state index in [-0.39, 0.29) is 11.5 Å². The molecule has 5 heteroatoms. The van der Waals surface area contributed by atoms with E-state index in [0.29, 0.717) is 16.8 Å². The summed E-state index contributed by atoms with van der Waals surface area (Å²) in [5.74, 6) is -0.209. The Morgan fingerprint density at radius 3 is 2.83 bits per heavy atom. The average Bonchev–Trinajstić information content (AvgIpc) is 2.56. The van der Waals surface area contributed by atoms with Gasteiger partial charge in [-0.2, -0.15) is 0 Å². The Bertz CT molecular complexity index is 776. The maximum absolute atomic E-state index is 14.1. The highest BCUT2D eigenvalue weighted by atomic mass is 79.9. The number of carbonyl (C=O) groups excluding carboxylic acids is 1. The van der Waals surface area contributed by atoms with Crippen LogP contribution in [0.1, 0.15) is 27.9 Å². The number of methoxy groups -OCH3 is 1. The van der Waals surface area contributed by atoms with Gasteiger partial charge in [0.25, 0.3) is 5.91 Å². The third-order valence-corrected chi connectivity index (χ3v) is 4.68. The molecule has 0 radical (unpaired) electrons. The summed E-state index contributed by atoms with van der Waals surface area (Å²) in [5, 5.41) is 0. The van der Waals surface area contributed by atoms with Crippen molar-refractivity contribution in [3.63, 3.8) is 0 Å². The number of anilines is 1. The van der Waals surface area contributed by atoms with E-state index in [1.165, 1.54) is 12.1 Å². The molecule has 1 aliphatic heterocycles. The summed E-state index contributed by atoms with van der Waals surface area (Å²) in [4.78, 5) is 14.6. The Kier molecular flexibility index (Phi) is 4.39. The topological polar surface area (TPSA) is 29.5 Å². The SMILES string of the molecule is COc1ccc(C)c2c1N(C(=O)c1cc(Br)ccc1F)CCC2. The molecule has 2 aromatic carbocycles. The van der Waals surface area contributed by atoms with Crippen molar-refractivity contribution in [2.24, 2.45) is 0 Å². The van der Waals surface area contributed by atoms with Crippen LogP contribution in [0.15, 0.2) is 34.8 Å². The molecule has 1 heterocycles. The zero-order chi connectivity index (χ0) is 16.6. The minimum absolute atomic E-state index is 0.0655. The van der Waals surface area contributed by atoms with Crippen LogP contribution in [0, 0.1) is 12.7 Å². The highest BCUT2D eigenvalue weighted by Gasteiger charge is 2.29. The maximum atomic E-state index is 14.1. The van der Waals surface area contributed by atoms with Gasteiger partial charge in [0, 0.05) is 11.0 Å². The molecule has 0 aromatic heterocycles. The third kappa shape index (κ3) is 2.85. The first-order valence-corrected chi connectivity index (χ1v) is 8.25. The quantitative estimate of drug-likeness (QED) is 0.770. The number of carbonyl (C=O) groups is 1. The van der Waals surface area contributed by atoms with Crippen molar-refractivity contribution in [2.45, 2.75) is 19.8 Å². The van der Waals surface area contributed by atoms with E-state index < -0.39 is 5.82 Å². The minimum atomic E-state index is -0.517. The van der Waals surface area contributed by atoms with Gasteiger partial charge in [-0.15, -0.1) is 0 Å². The Morgan fingerprint density at radius 2 is 2.09 bits per heavy atom. The normalized spacial score (nSPS) is 13.7. The van der Waals surface area contributed by atoms with Crippen LogP contribution in [0.25, 0.3) is 0 Å². The maximum Gasteiger partial charge on any atom is 0.261 e. The standard InChI is InChI=1S/C18H17BrFNO2/c1-11-5-8-16(23-2)17-13(11)4-3-9-21(17)18(22)14-10-12(19)6-7-15(14)20/h5-8,10H,3-4,9H2,1-2H3. The summed E-state index contributed by atoms with van der Waals surface area (Å²) in [6, 6.07) is 8.26. The molecule has 0 bridgehead atoms. The van der Waals surface area contributed by atoms with Gasteiger partial charge in [0.15, 0.2) is 0 Å². The van der Waals surface area contributed by atoms with Crippen LogP contribution < -0.4 is 9.64 Å². The van der Waals surface area contributed by atoms with E-state index in [1.807, 2.05) is 19.1 Å². The van der Waals surface area contributed by atoms with Crippen LogP contribution in [-0.4, -0.2) is 19.6 Å². The van der Waals surface area contributed by atoms with E-state index in [9.17, 15) is 9.18 Å². The number of halogens is 2. The number of ether oxygens (including phenoxy) is 1. The Morgan fingerprint density at radius 1 is 1.30 bits per heavy atom. The molecule has 2 aromatic rings. The van der Waals surface area contributed by atoms with E-state index >= 15 is 0 Å². The fourth-order valence-electron chi connectivity index (χ4n) is 3.03. The zero-order valence-corrected chi connectivity index (χ0v) is 14.6. The molecular weight excluding hydrogens is 361 g/mol. The van der Waals surface area contributed by atoms with Gasteiger partial charge < -0.3 is 9.64 Å². The lowest BCUT2D eigenvalue weighted by Crippen LogP contribution is -2.36. The van der Waals surface area contributed by atoms with Crippen molar-refractivity contribution in [1.29, 1.82) is 0 Å². The lowest BCUT2D eigenvalue weighted by Gasteiger charge is -2.32. The smallest absolute Gasteiger partial charge is 0.261 e. The monoisotopic (exact) mass is 377 g/mol. The highest BCUT2D eigenvalue weighted by Crippen LogP contribution is 2.39. The average molecular weight is 378 g/mol. The molecule has 120 valence electrons. The second kappa shape index (κ2) is 6.32. The van der Waals surface area contributed by atoms with Gasteiger partial charge in [-0.1, -0.05) is 22.0 Å². The van der Waals surface area contributed by atoms with Crippen LogP contribution >= 0.6 is 15.9 Å². The first-order chi connectivity index (χ1) is 11.0. The number of fused-ring (bicyclic) bond motifs is 1. The molecule has 0 saturated carbocycles. The summed E-state index contributed by atoms with van der Waals surface area (Å²) < 4.78 is 20.2. The summed E-state index contributed by atoms with van der Waals surface area (Å²) in [6.07, 6.45) is 1.74. The van der Waals surface area contributed by atoms with Crippen molar-refractivity contribution in [3.05, 3.63) is 57.3 Å². The van der Waals surface area contributed by atoms with E-state index in [2.05, 4.69) is 15.9 Å². The molecule has 1 aliphatic rings. The number of nitrogens with zero attached hydrogens (tertiary/aromatic N) is 1. The third-order valence-electron chi connectivity index (χ3n) is 4.18. The minimum Gasteiger partial charge on any atom is -0.495 e. The first kappa shape index (κ1) is 16.0. The van der Waals surface area contributed by atoms with Gasteiger partial charge in [0.2, 0.25) is 0 Å². The Balaban J connectivity index is 2.11. The molecule has 0 saturated heterocycles. The van der Waals surface area contributed by atoms with Crippen LogP contribution in [0.4, 0.5) is 10.1 Å². The van der Waals surface area contributed by atoms with Crippen molar-refractivity contribution in [3.8, 4) is 5.75 Å². The molecule has 23 heavy (non-hydrogen) atoms. The second-order valence-corrected chi connectivity index (χ2v) is 6.51. The predicted molar refractivity (Wildman–Crippen MR) is 91.8 cm³/mol. The Labute approximate surface area is 143 Å².